The van der Waals surface area contributed by atoms with Crippen molar-refractivity contribution in [2.45, 2.75) is 0 Å². The van der Waals surface area contributed by atoms with Crippen molar-refractivity contribution in [2.24, 2.45) is 0 Å². The summed E-state index contributed by atoms with van der Waals surface area (Å²) in [6.45, 7) is 3.44. The first kappa shape index (κ1) is 7.21. The molecule has 0 aromatic rings. The lowest BCUT2D eigenvalue weighted by Gasteiger charge is -1.99. The van der Waals surface area contributed by atoms with E-state index in [1.807, 2.05) is 0 Å². The van der Waals surface area contributed by atoms with E-state index in [9.17, 15) is 0 Å². The Morgan fingerprint density at radius 2 is 2.29 bits per heavy atom. The largest absolute Gasteiger partial charge is 0.303 e. The van der Waals surface area contributed by atoms with Crippen molar-refractivity contribution in [3.8, 4) is 0 Å². The Bertz CT molecular complexity index is 43.0. The van der Waals surface area contributed by atoms with Gasteiger partial charge in [-0.1, -0.05) is 0 Å². The van der Waals surface area contributed by atoms with Gasteiger partial charge >= 0.3 is 0 Å². The summed E-state index contributed by atoms with van der Waals surface area (Å²) in [7, 11) is 2.11. The van der Waals surface area contributed by atoms with Crippen molar-refractivity contribution in [3.63, 3.8) is 0 Å². The third kappa shape index (κ3) is 2.12. The van der Waals surface area contributed by atoms with E-state index in [4.69, 9.17) is 0 Å². The van der Waals surface area contributed by atoms with Gasteiger partial charge in [0.2, 0.25) is 0 Å². The van der Waals surface area contributed by atoms with Gasteiger partial charge in [0, 0.05) is 19.8 Å². The minimum absolute atomic E-state index is 0. The summed E-state index contributed by atoms with van der Waals surface area (Å²) < 4.78 is 0. The molecule has 1 aliphatic rings. The van der Waals surface area contributed by atoms with E-state index in [2.05, 4.69) is 17.3 Å². The van der Waals surface area contributed by atoms with Gasteiger partial charge in [0.1, 0.15) is 0 Å². The van der Waals surface area contributed by atoms with Crippen LogP contribution in [0.15, 0.2) is 0 Å². The van der Waals surface area contributed by atoms with Crippen molar-refractivity contribution < 1.29 is 0 Å². The van der Waals surface area contributed by atoms with E-state index < -0.39 is 0 Å². The summed E-state index contributed by atoms with van der Waals surface area (Å²) in [6, 6.07) is 0. The Labute approximate surface area is 50.3 Å². The fraction of sp³-hybridized carbons (Fsp3) is 1.00. The van der Waals surface area contributed by atoms with Crippen molar-refractivity contribution in [1.29, 1.82) is 0 Å². The molecule has 0 aliphatic carbocycles. The number of halogens is 1. The number of nitrogens with zero attached hydrogens (tertiary/aromatic N) is 1. The normalized spacial score (nSPS) is 21.9. The SMILES string of the molecule is CN1CCNC1.Cl. The Balaban J connectivity index is 0.000000360. The van der Waals surface area contributed by atoms with E-state index in [0.29, 0.717) is 0 Å². The first-order valence-corrected chi connectivity index (χ1v) is 2.29. The van der Waals surface area contributed by atoms with E-state index in [-0.39, 0.29) is 12.4 Å². The maximum Gasteiger partial charge on any atom is 0.0478 e. The topological polar surface area (TPSA) is 15.3 Å². The zero-order chi connectivity index (χ0) is 4.41. The molecule has 0 aromatic heterocycles. The van der Waals surface area contributed by atoms with Gasteiger partial charge in [-0.05, 0) is 7.05 Å². The molecule has 1 N–H and O–H groups in total. The summed E-state index contributed by atoms with van der Waals surface area (Å²) in [4.78, 5) is 2.25. The number of hydrogen-bond acceptors (Lipinski definition) is 2. The fourth-order valence-electron chi connectivity index (χ4n) is 0.619. The van der Waals surface area contributed by atoms with Crippen LogP contribution in [0, 0.1) is 0 Å². The van der Waals surface area contributed by atoms with Gasteiger partial charge in [0.15, 0.2) is 0 Å². The van der Waals surface area contributed by atoms with Gasteiger partial charge in [0.25, 0.3) is 0 Å². The van der Waals surface area contributed by atoms with Crippen LogP contribution in [0.4, 0.5) is 0 Å². The van der Waals surface area contributed by atoms with E-state index >= 15 is 0 Å². The van der Waals surface area contributed by atoms with Crippen LogP contribution in [-0.4, -0.2) is 31.7 Å². The Hall–Kier alpha value is 0.210. The van der Waals surface area contributed by atoms with Crippen LogP contribution >= 0.6 is 12.4 Å². The van der Waals surface area contributed by atoms with Crippen LogP contribution in [0.5, 0.6) is 0 Å². The molecule has 0 saturated carbocycles. The average Bonchev–Trinajstić information content (AvgIpc) is 1.86. The molecule has 0 atom stereocenters. The predicted molar refractivity (Wildman–Crippen MR) is 32.7 cm³/mol. The third-order valence-corrected chi connectivity index (χ3v) is 1.05. The zero-order valence-corrected chi connectivity index (χ0v) is 5.29. The molecule has 1 fully saturated rings. The smallest absolute Gasteiger partial charge is 0.0478 e. The van der Waals surface area contributed by atoms with Crippen LogP contribution < -0.4 is 5.32 Å². The summed E-state index contributed by atoms with van der Waals surface area (Å²) in [5.41, 5.74) is 0. The number of hydrogen-bond donors (Lipinski definition) is 1. The Kier molecular flexibility index (Phi) is 3.34. The van der Waals surface area contributed by atoms with Crippen LogP contribution in [0.3, 0.4) is 0 Å². The monoisotopic (exact) mass is 122 g/mol. The zero-order valence-electron chi connectivity index (χ0n) is 4.48. The molecule has 1 aliphatic heterocycles. The lowest BCUT2D eigenvalue weighted by atomic mass is 10.7. The van der Waals surface area contributed by atoms with Crippen LogP contribution in [-0.2, 0) is 0 Å². The second-order valence-electron chi connectivity index (χ2n) is 1.74. The Morgan fingerprint density at radius 3 is 2.43 bits per heavy atom. The molecule has 0 spiro atoms. The maximum absolute atomic E-state index is 3.20. The van der Waals surface area contributed by atoms with Crippen molar-refractivity contribution >= 4 is 12.4 Å². The van der Waals surface area contributed by atoms with Crippen molar-refractivity contribution in [1.82, 2.24) is 10.2 Å². The first-order chi connectivity index (χ1) is 2.89. The number of nitrogens with one attached hydrogen (secondary N) is 1. The number of rotatable bonds is 0. The molecule has 0 aromatic carbocycles. The van der Waals surface area contributed by atoms with Crippen LogP contribution in [0.2, 0.25) is 0 Å². The van der Waals surface area contributed by atoms with Gasteiger partial charge in [-0.2, -0.15) is 0 Å². The second kappa shape index (κ2) is 3.24. The quantitative estimate of drug-likeness (QED) is 0.483. The summed E-state index contributed by atoms with van der Waals surface area (Å²) >= 11 is 0. The van der Waals surface area contributed by atoms with Gasteiger partial charge < -0.3 is 5.32 Å². The molecule has 0 bridgehead atoms. The maximum atomic E-state index is 3.20. The van der Waals surface area contributed by atoms with E-state index in [1.165, 1.54) is 6.54 Å². The van der Waals surface area contributed by atoms with Crippen LogP contribution in [0.25, 0.3) is 0 Å². The van der Waals surface area contributed by atoms with Gasteiger partial charge in [-0.15, -0.1) is 12.4 Å². The predicted octanol–water partition coefficient (Wildman–Crippen LogP) is -0.0993. The molecule has 0 amide bonds. The van der Waals surface area contributed by atoms with E-state index in [1.54, 1.807) is 0 Å². The van der Waals surface area contributed by atoms with Gasteiger partial charge in [-0.25, -0.2) is 0 Å². The summed E-state index contributed by atoms with van der Waals surface area (Å²) in [6.07, 6.45) is 0. The standard InChI is InChI=1S/C4H10N2.ClH/c1-6-3-2-5-4-6;/h5H,2-4H2,1H3;1H. The molecule has 1 rings (SSSR count). The minimum atomic E-state index is 0. The van der Waals surface area contributed by atoms with Crippen molar-refractivity contribution in [2.75, 3.05) is 26.8 Å². The van der Waals surface area contributed by atoms with E-state index in [0.717, 1.165) is 13.2 Å². The number of likely N-dealkylation sites (N-methyl/N-ethyl adjacent to an activating group) is 1. The molecule has 0 unspecified atom stereocenters. The van der Waals surface area contributed by atoms with Gasteiger partial charge in [0.05, 0.1) is 0 Å². The minimum Gasteiger partial charge on any atom is -0.303 e. The summed E-state index contributed by atoms with van der Waals surface area (Å²) in [5.74, 6) is 0. The highest BCUT2D eigenvalue weighted by Crippen LogP contribution is 1.82. The molecule has 1 saturated heterocycles. The second-order valence-corrected chi connectivity index (χ2v) is 1.74. The van der Waals surface area contributed by atoms with Gasteiger partial charge in [-0.3, -0.25) is 4.90 Å². The molecule has 3 heteroatoms. The lowest BCUT2D eigenvalue weighted by Crippen LogP contribution is -2.15. The Morgan fingerprint density at radius 1 is 1.57 bits per heavy atom. The molecular formula is C4H11ClN2. The van der Waals surface area contributed by atoms with Crippen molar-refractivity contribution in [3.05, 3.63) is 0 Å². The third-order valence-electron chi connectivity index (χ3n) is 1.05. The molecule has 7 heavy (non-hydrogen) atoms. The first-order valence-electron chi connectivity index (χ1n) is 2.29. The average molecular weight is 123 g/mol. The molecule has 44 valence electrons. The molecular weight excluding hydrogens is 112 g/mol. The fourth-order valence-corrected chi connectivity index (χ4v) is 0.619. The highest BCUT2D eigenvalue weighted by Gasteiger charge is 2.01. The van der Waals surface area contributed by atoms with Crippen LogP contribution in [0.1, 0.15) is 0 Å². The highest BCUT2D eigenvalue weighted by molar-refractivity contribution is 5.85. The molecule has 0 radical (unpaired) electrons. The highest BCUT2D eigenvalue weighted by atomic mass is 35.5. The lowest BCUT2D eigenvalue weighted by molar-refractivity contribution is 0.412. The molecule has 1 heterocycles. The summed E-state index contributed by atoms with van der Waals surface area (Å²) in [5, 5.41) is 3.20. The molecule has 2 nitrogen and oxygen atoms in total.